The van der Waals surface area contributed by atoms with Crippen molar-refractivity contribution in [1.82, 2.24) is 15.6 Å². The van der Waals surface area contributed by atoms with Gasteiger partial charge < -0.3 is 15.6 Å². The van der Waals surface area contributed by atoms with E-state index in [4.69, 9.17) is 0 Å². The zero-order chi connectivity index (χ0) is 16.2. The van der Waals surface area contributed by atoms with Gasteiger partial charge in [-0.2, -0.15) is 0 Å². The summed E-state index contributed by atoms with van der Waals surface area (Å²) in [7, 11) is 0. The molecule has 0 bridgehead atoms. The van der Waals surface area contributed by atoms with Crippen LogP contribution in [0.5, 0.6) is 0 Å². The Morgan fingerprint density at radius 2 is 2.22 bits per heavy atom. The molecule has 1 fully saturated rings. The molecule has 122 valence electrons. The maximum Gasteiger partial charge on any atom is 0.242 e. The summed E-state index contributed by atoms with van der Waals surface area (Å²) in [5.74, 6) is -0.118. The molecule has 5 heteroatoms. The summed E-state index contributed by atoms with van der Waals surface area (Å²) in [6.45, 7) is 2.78. The fraction of sp³-hybridized carbons (Fsp3) is 0.444. The fourth-order valence-electron chi connectivity index (χ4n) is 3.16. The lowest BCUT2D eigenvalue weighted by Crippen LogP contribution is -2.45. The molecule has 3 rings (SSSR count). The fourth-order valence-corrected chi connectivity index (χ4v) is 3.16. The third-order valence-electron chi connectivity index (χ3n) is 4.50. The Hall–Kier alpha value is -2.30. The predicted molar refractivity (Wildman–Crippen MR) is 90.1 cm³/mol. The average Bonchev–Trinajstić information content (AvgIpc) is 2.85. The smallest absolute Gasteiger partial charge is 0.242 e. The number of hydrogen-bond donors (Lipinski definition) is 3. The van der Waals surface area contributed by atoms with E-state index in [2.05, 4.69) is 34.7 Å². The van der Waals surface area contributed by atoms with Gasteiger partial charge in [-0.15, -0.1) is 0 Å². The lowest BCUT2D eigenvalue weighted by molar-refractivity contribution is -0.128. The van der Waals surface area contributed by atoms with Crippen molar-refractivity contribution in [2.45, 2.75) is 45.1 Å². The highest BCUT2D eigenvalue weighted by Gasteiger charge is 2.22. The van der Waals surface area contributed by atoms with Crippen molar-refractivity contribution in [3.8, 4) is 0 Å². The Kier molecular flexibility index (Phi) is 4.65. The van der Waals surface area contributed by atoms with E-state index in [1.54, 1.807) is 0 Å². The summed E-state index contributed by atoms with van der Waals surface area (Å²) in [6.07, 6.45) is 5.71. The minimum Gasteiger partial charge on any atom is -0.361 e. The second-order valence-corrected chi connectivity index (χ2v) is 6.22. The van der Waals surface area contributed by atoms with Crippen LogP contribution in [0.25, 0.3) is 10.9 Å². The first-order chi connectivity index (χ1) is 11.1. The minimum atomic E-state index is -0.379. The zero-order valence-corrected chi connectivity index (χ0v) is 13.4. The number of aromatic nitrogens is 1. The minimum absolute atomic E-state index is 0.0569. The van der Waals surface area contributed by atoms with Gasteiger partial charge in [-0.1, -0.05) is 18.2 Å². The summed E-state index contributed by atoms with van der Waals surface area (Å²) in [4.78, 5) is 27.3. The molecule has 5 nitrogen and oxygen atoms in total. The van der Waals surface area contributed by atoms with E-state index in [1.165, 1.54) is 10.9 Å². The highest BCUT2D eigenvalue weighted by atomic mass is 16.2. The topological polar surface area (TPSA) is 74.0 Å². The first-order valence-corrected chi connectivity index (χ1v) is 8.28. The van der Waals surface area contributed by atoms with Gasteiger partial charge in [0.2, 0.25) is 11.8 Å². The molecule has 1 saturated heterocycles. The molecule has 23 heavy (non-hydrogen) atoms. The van der Waals surface area contributed by atoms with Gasteiger partial charge in [-0.05, 0) is 43.7 Å². The number of H-pyrrole nitrogens is 1. The van der Waals surface area contributed by atoms with E-state index in [0.717, 1.165) is 30.3 Å². The van der Waals surface area contributed by atoms with Crippen LogP contribution in [0.2, 0.25) is 0 Å². The number of rotatable bonds is 4. The molecule has 2 aromatic rings. The van der Waals surface area contributed by atoms with Crippen molar-refractivity contribution in [2.75, 3.05) is 6.54 Å². The molecule has 1 aromatic heterocycles. The molecule has 1 aliphatic rings. The summed E-state index contributed by atoms with van der Waals surface area (Å²) >= 11 is 0. The number of aromatic amines is 1. The van der Waals surface area contributed by atoms with Gasteiger partial charge in [0, 0.05) is 30.1 Å². The van der Waals surface area contributed by atoms with Crippen LogP contribution in [0.1, 0.15) is 36.8 Å². The van der Waals surface area contributed by atoms with Crippen molar-refractivity contribution in [1.29, 1.82) is 0 Å². The second-order valence-electron chi connectivity index (χ2n) is 6.22. The summed E-state index contributed by atoms with van der Waals surface area (Å²) in [5, 5.41) is 6.88. The molecule has 1 atom stereocenters. The van der Waals surface area contributed by atoms with E-state index in [9.17, 15) is 9.59 Å². The van der Waals surface area contributed by atoms with Gasteiger partial charge in [-0.25, -0.2) is 0 Å². The third-order valence-corrected chi connectivity index (χ3v) is 4.50. The Bertz CT molecular complexity index is 720. The van der Waals surface area contributed by atoms with Crippen LogP contribution in [-0.4, -0.2) is 29.4 Å². The molecular weight excluding hydrogens is 290 g/mol. The second kappa shape index (κ2) is 6.86. The average molecular weight is 313 g/mol. The standard InChI is InChI=1S/C18H23N3O2/c1-12-5-4-6-14-13(11-20-17(12)14)8-9-16(22)21-15-7-2-3-10-19-18(15)23/h4-6,11,15,20H,2-3,7-10H2,1H3,(H,19,23)(H,21,22). The molecule has 0 spiro atoms. The number of hydrogen-bond acceptors (Lipinski definition) is 2. The highest BCUT2D eigenvalue weighted by molar-refractivity contribution is 5.89. The monoisotopic (exact) mass is 313 g/mol. The van der Waals surface area contributed by atoms with Gasteiger partial charge in [0.05, 0.1) is 0 Å². The van der Waals surface area contributed by atoms with Crippen LogP contribution in [0.4, 0.5) is 0 Å². The molecule has 1 unspecified atom stereocenters. The number of para-hydroxylation sites is 1. The number of fused-ring (bicyclic) bond motifs is 1. The van der Waals surface area contributed by atoms with E-state index >= 15 is 0 Å². The highest BCUT2D eigenvalue weighted by Crippen LogP contribution is 2.22. The number of carbonyl (C=O) groups is 2. The summed E-state index contributed by atoms with van der Waals surface area (Å²) in [6, 6.07) is 5.80. The van der Waals surface area contributed by atoms with Gasteiger partial charge in [0.15, 0.2) is 0 Å². The Labute approximate surface area is 135 Å². The first-order valence-electron chi connectivity index (χ1n) is 8.28. The first kappa shape index (κ1) is 15.6. The number of carbonyl (C=O) groups excluding carboxylic acids is 2. The Balaban J connectivity index is 1.60. The molecule has 1 aromatic carbocycles. The van der Waals surface area contributed by atoms with E-state index in [-0.39, 0.29) is 17.9 Å². The third kappa shape index (κ3) is 3.55. The predicted octanol–water partition coefficient (Wildman–Crippen LogP) is 2.19. The molecule has 2 amide bonds. The zero-order valence-electron chi connectivity index (χ0n) is 13.4. The molecule has 0 saturated carbocycles. The SMILES string of the molecule is Cc1cccc2c(CCC(=O)NC3CCCCNC3=O)c[nH]c12. The summed E-state index contributed by atoms with van der Waals surface area (Å²) in [5.41, 5.74) is 3.48. The molecule has 0 aliphatic carbocycles. The van der Waals surface area contributed by atoms with Crippen LogP contribution in [0.3, 0.4) is 0 Å². The van der Waals surface area contributed by atoms with Crippen LogP contribution < -0.4 is 10.6 Å². The largest absolute Gasteiger partial charge is 0.361 e. The normalized spacial score (nSPS) is 18.5. The van der Waals surface area contributed by atoms with Gasteiger partial charge >= 0.3 is 0 Å². The van der Waals surface area contributed by atoms with Crippen LogP contribution in [-0.2, 0) is 16.0 Å². The molecule has 2 heterocycles. The maximum absolute atomic E-state index is 12.2. The van der Waals surface area contributed by atoms with E-state index < -0.39 is 0 Å². The Morgan fingerprint density at radius 1 is 1.35 bits per heavy atom. The van der Waals surface area contributed by atoms with Crippen molar-refractivity contribution >= 4 is 22.7 Å². The van der Waals surface area contributed by atoms with Crippen LogP contribution in [0.15, 0.2) is 24.4 Å². The maximum atomic E-state index is 12.2. The Morgan fingerprint density at radius 3 is 3.09 bits per heavy atom. The number of benzene rings is 1. The van der Waals surface area contributed by atoms with Gasteiger partial charge in [0.1, 0.15) is 6.04 Å². The van der Waals surface area contributed by atoms with Crippen LogP contribution in [0, 0.1) is 6.92 Å². The van der Waals surface area contributed by atoms with E-state index in [1.807, 2.05) is 12.3 Å². The van der Waals surface area contributed by atoms with Gasteiger partial charge in [-0.3, -0.25) is 9.59 Å². The van der Waals surface area contributed by atoms with Gasteiger partial charge in [0.25, 0.3) is 0 Å². The molecular formula is C18H23N3O2. The quantitative estimate of drug-likeness (QED) is 0.809. The molecule has 0 radical (unpaired) electrons. The van der Waals surface area contributed by atoms with E-state index in [0.29, 0.717) is 19.4 Å². The van der Waals surface area contributed by atoms with Crippen molar-refractivity contribution < 1.29 is 9.59 Å². The number of amides is 2. The van der Waals surface area contributed by atoms with Crippen LogP contribution >= 0.6 is 0 Å². The van der Waals surface area contributed by atoms with Crippen molar-refractivity contribution in [3.63, 3.8) is 0 Å². The number of nitrogens with one attached hydrogen (secondary N) is 3. The molecule has 3 N–H and O–H groups in total. The molecule has 1 aliphatic heterocycles. The summed E-state index contributed by atoms with van der Waals surface area (Å²) < 4.78 is 0. The number of aryl methyl sites for hydroxylation is 2. The lowest BCUT2D eigenvalue weighted by Gasteiger charge is -2.15. The lowest BCUT2D eigenvalue weighted by atomic mass is 10.1. The van der Waals surface area contributed by atoms with Crippen molar-refractivity contribution in [2.24, 2.45) is 0 Å². The van der Waals surface area contributed by atoms with Crippen molar-refractivity contribution in [3.05, 3.63) is 35.5 Å².